The van der Waals surface area contributed by atoms with E-state index >= 15 is 0 Å². The highest BCUT2D eigenvalue weighted by molar-refractivity contribution is 5.49. The predicted octanol–water partition coefficient (Wildman–Crippen LogP) is 1.52. The molecule has 0 radical (unpaired) electrons. The number of anilines is 3. The van der Waals surface area contributed by atoms with Gasteiger partial charge in [0.25, 0.3) is 0 Å². The average molecular weight is 299 g/mol. The number of alkyl halides is 3. The van der Waals surface area contributed by atoms with Crippen LogP contribution in [0.4, 0.5) is 30.8 Å². The Morgan fingerprint density at radius 1 is 1.14 bits per heavy atom. The predicted molar refractivity (Wildman–Crippen MR) is 70.4 cm³/mol. The molecule has 0 saturated carbocycles. The van der Waals surface area contributed by atoms with Crippen LogP contribution < -0.4 is 16.4 Å². The minimum absolute atomic E-state index is 0.00352. The van der Waals surface area contributed by atoms with Gasteiger partial charge in [-0.25, -0.2) is 9.97 Å². The fourth-order valence-electron chi connectivity index (χ4n) is 1.61. The molecule has 0 unspecified atom stereocenters. The summed E-state index contributed by atoms with van der Waals surface area (Å²) in [5.41, 5.74) is 4.78. The van der Waals surface area contributed by atoms with Crippen LogP contribution in [0, 0.1) is 0 Å². The van der Waals surface area contributed by atoms with Gasteiger partial charge in [0.05, 0.1) is 6.54 Å². The van der Waals surface area contributed by atoms with E-state index in [4.69, 9.17) is 5.73 Å². The number of halogens is 3. The van der Waals surface area contributed by atoms with Crippen molar-refractivity contribution in [2.75, 3.05) is 23.4 Å². The van der Waals surface area contributed by atoms with Gasteiger partial charge in [0.2, 0.25) is 5.95 Å². The van der Waals surface area contributed by atoms with E-state index in [1.807, 2.05) is 0 Å². The van der Waals surface area contributed by atoms with Crippen LogP contribution in [0.15, 0.2) is 18.6 Å². The molecule has 0 aromatic carbocycles. The topological polar surface area (TPSA) is 102 Å². The third kappa shape index (κ3) is 3.46. The molecule has 0 saturated heterocycles. The molecule has 0 aliphatic carbocycles. The summed E-state index contributed by atoms with van der Waals surface area (Å²) in [6.45, 7) is 0.00352. The molecule has 2 aromatic rings. The Labute approximate surface area is 117 Å². The number of aromatic nitrogens is 4. The molecule has 0 aliphatic heterocycles. The first-order valence-corrected chi connectivity index (χ1v) is 5.83. The third-order valence-electron chi connectivity index (χ3n) is 2.55. The number of nitrogens with zero attached hydrogens (tertiary/aromatic N) is 4. The first-order valence-electron chi connectivity index (χ1n) is 5.83. The van der Waals surface area contributed by atoms with Crippen molar-refractivity contribution in [2.45, 2.75) is 12.7 Å². The van der Waals surface area contributed by atoms with Crippen molar-refractivity contribution in [1.82, 2.24) is 19.9 Å². The van der Waals surface area contributed by atoms with Crippen LogP contribution in [0.25, 0.3) is 0 Å². The van der Waals surface area contributed by atoms with Crippen molar-refractivity contribution in [3.8, 4) is 0 Å². The van der Waals surface area contributed by atoms with Crippen molar-refractivity contribution in [3.63, 3.8) is 0 Å². The third-order valence-corrected chi connectivity index (χ3v) is 2.55. The van der Waals surface area contributed by atoms with E-state index < -0.39 is 17.6 Å². The second kappa shape index (κ2) is 5.77. The summed E-state index contributed by atoms with van der Waals surface area (Å²) in [6, 6.07) is 0. The number of rotatable bonds is 4. The van der Waals surface area contributed by atoms with Crippen LogP contribution in [-0.4, -0.2) is 27.0 Å². The fourth-order valence-corrected chi connectivity index (χ4v) is 1.61. The summed E-state index contributed by atoms with van der Waals surface area (Å²) in [7, 11) is 1.64. The smallest absolute Gasteiger partial charge is 0.372 e. The lowest BCUT2D eigenvalue weighted by Gasteiger charge is -2.14. The van der Waals surface area contributed by atoms with Crippen molar-refractivity contribution in [1.29, 1.82) is 0 Å². The van der Waals surface area contributed by atoms with Crippen LogP contribution in [0.5, 0.6) is 0 Å². The highest BCUT2D eigenvalue weighted by atomic mass is 19.4. The molecule has 4 N–H and O–H groups in total. The zero-order valence-electron chi connectivity index (χ0n) is 10.9. The zero-order chi connectivity index (χ0) is 15.5. The summed E-state index contributed by atoms with van der Waals surface area (Å²) in [6.07, 6.45) is -1.03. The van der Waals surface area contributed by atoms with Gasteiger partial charge in [-0.1, -0.05) is 0 Å². The van der Waals surface area contributed by atoms with E-state index in [9.17, 15) is 13.2 Å². The van der Waals surface area contributed by atoms with Crippen molar-refractivity contribution in [3.05, 3.63) is 29.8 Å². The first kappa shape index (κ1) is 14.8. The molecule has 21 heavy (non-hydrogen) atoms. The monoisotopic (exact) mass is 299 g/mol. The number of hydrogen-bond donors (Lipinski definition) is 3. The lowest BCUT2D eigenvalue weighted by Crippen LogP contribution is -2.15. The molecular weight excluding hydrogens is 287 g/mol. The molecule has 0 amide bonds. The Hall–Kier alpha value is -2.65. The summed E-state index contributed by atoms with van der Waals surface area (Å²) >= 11 is 0. The molecule has 2 aromatic heterocycles. The highest BCUT2D eigenvalue weighted by Gasteiger charge is 2.35. The molecule has 112 valence electrons. The lowest BCUT2D eigenvalue weighted by molar-refractivity contribution is -0.137. The van der Waals surface area contributed by atoms with Crippen molar-refractivity contribution >= 4 is 17.6 Å². The normalized spacial score (nSPS) is 11.2. The SMILES string of the molecule is CNc1nccnc1CNc1nc(N)ncc1C(F)(F)F. The maximum absolute atomic E-state index is 12.9. The van der Waals surface area contributed by atoms with E-state index in [1.165, 1.54) is 12.4 Å². The summed E-state index contributed by atoms with van der Waals surface area (Å²) in [5, 5.41) is 5.35. The Morgan fingerprint density at radius 2 is 1.86 bits per heavy atom. The summed E-state index contributed by atoms with van der Waals surface area (Å²) < 4.78 is 38.6. The standard InChI is InChI=1S/C11H12F3N7/c1-16-9-7(17-2-3-18-9)5-19-8-6(11(12,13)14)4-20-10(15)21-8/h2-4H,5H2,1H3,(H,16,18)(H3,15,19,20,21). The van der Waals surface area contributed by atoms with Gasteiger partial charge in [0.1, 0.15) is 22.9 Å². The van der Waals surface area contributed by atoms with Crippen LogP contribution in [0.2, 0.25) is 0 Å². The molecule has 7 nitrogen and oxygen atoms in total. The van der Waals surface area contributed by atoms with Gasteiger partial charge < -0.3 is 16.4 Å². The molecule has 0 aliphatic rings. The number of nitrogens with two attached hydrogens (primary N) is 1. The lowest BCUT2D eigenvalue weighted by atomic mass is 10.3. The van der Waals surface area contributed by atoms with Gasteiger partial charge >= 0.3 is 6.18 Å². The molecule has 10 heteroatoms. The Bertz CT molecular complexity index is 629. The van der Waals surface area contributed by atoms with Gasteiger partial charge in [-0.2, -0.15) is 18.2 Å². The molecule has 0 spiro atoms. The van der Waals surface area contributed by atoms with E-state index in [0.29, 0.717) is 17.7 Å². The Balaban J connectivity index is 2.25. The zero-order valence-corrected chi connectivity index (χ0v) is 10.9. The summed E-state index contributed by atoms with van der Waals surface area (Å²) in [4.78, 5) is 15.0. The number of hydrogen-bond acceptors (Lipinski definition) is 7. The second-order valence-electron chi connectivity index (χ2n) is 3.94. The van der Waals surface area contributed by atoms with Crippen molar-refractivity contribution in [2.24, 2.45) is 0 Å². The van der Waals surface area contributed by atoms with Crippen LogP contribution in [-0.2, 0) is 12.7 Å². The van der Waals surface area contributed by atoms with E-state index in [2.05, 4.69) is 30.6 Å². The van der Waals surface area contributed by atoms with E-state index in [-0.39, 0.29) is 12.5 Å². The van der Waals surface area contributed by atoms with E-state index in [1.54, 1.807) is 7.05 Å². The quantitative estimate of drug-likeness (QED) is 0.786. The maximum atomic E-state index is 12.9. The molecule has 2 rings (SSSR count). The highest BCUT2D eigenvalue weighted by Crippen LogP contribution is 2.33. The number of nitrogens with one attached hydrogen (secondary N) is 2. The van der Waals surface area contributed by atoms with Gasteiger partial charge in [-0.3, -0.25) is 4.98 Å². The van der Waals surface area contributed by atoms with Gasteiger partial charge in [-0.15, -0.1) is 0 Å². The minimum Gasteiger partial charge on any atom is -0.372 e. The van der Waals surface area contributed by atoms with E-state index in [0.717, 1.165) is 0 Å². The van der Waals surface area contributed by atoms with Crippen LogP contribution in [0.1, 0.15) is 11.3 Å². The molecule has 0 atom stereocenters. The Kier molecular flexibility index (Phi) is 4.05. The molecular formula is C11H12F3N7. The van der Waals surface area contributed by atoms with Gasteiger partial charge in [0, 0.05) is 25.6 Å². The molecule has 2 heterocycles. The van der Waals surface area contributed by atoms with Crippen LogP contribution >= 0.6 is 0 Å². The fraction of sp³-hybridized carbons (Fsp3) is 0.273. The van der Waals surface area contributed by atoms with Gasteiger partial charge in [0.15, 0.2) is 0 Å². The summed E-state index contributed by atoms with van der Waals surface area (Å²) in [5.74, 6) is -0.193. The first-order chi connectivity index (χ1) is 9.91. The molecule has 0 bridgehead atoms. The second-order valence-corrected chi connectivity index (χ2v) is 3.94. The number of nitrogen functional groups attached to an aromatic ring is 1. The minimum atomic E-state index is -4.58. The average Bonchev–Trinajstić information content (AvgIpc) is 2.44. The Morgan fingerprint density at radius 3 is 2.52 bits per heavy atom. The maximum Gasteiger partial charge on any atom is 0.421 e. The largest absolute Gasteiger partial charge is 0.421 e. The van der Waals surface area contributed by atoms with Crippen LogP contribution in [0.3, 0.4) is 0 Å². The van der Waals surface area contributed by atoms with Gasteiger partial charge in [-0.05, 0) is 0 Å². The molecule has 0 fully saturated rings. The van der Waals surface area contributed by atoms with Crippen molar-refractivity contribution < 1.29 is 13.2 Å².